The Kier molecular flexibility index (Phi) is 5.57. The highest BCUT2D eigenvalue weighted by molar-refractivity contribution is 5.57. The van der Waals surface area contributed by atoms with Gasteiger partial charge in [-0.25, -0.2) is 9.37 Å². The van der Waals surface area contributed by atoms with Crippen molar-refractivity contribution in [2.45, 2.75) is 19.9 Å². The molecule has 1 aromatic carbocycles. The Labute approximate surface area is 123 Å². The molecule has 2 rings (SSSR count). The third kappa shape index (κ3) is 4.19. The first kappa shape index (κ1) is 15.3. The number of benzene rings is 1. The average molecular weight is 293 g/mol. The third-order valence-corrected chi connectivity index (χ3v) is 3.03. The summed E-state index contributed by atoms with van der Waals surface area (Å²) in [7, 11) is 1.55. The smallest absolute Gasteiger partial charge is 0.207 e. The van der Waals surface area contributed by atoms with Crippen LogP contribution in [0.4, 0.5) is 16.0 Å². The van der Waals surface area contributed by atoms with Gasteiger partial charge in [0.05, 0.1) is 12.8 Å². The predicted octanol–water partition coefficient (Wildman–Crippen LogP) is 3.20. The number of hydrogen-bond donors (Lipinski definition) is 1. The van der Waals surface area contributed by atoms with E-state index in [2.05, 4.69) is 10.3 Å². The molecule has 0 bridgehead atoms. The first-order chi connectivity index (χ1) is 10.2. The molecular formula is C15H20FN3O2. The van der Waals surface area contributed by atoms with Crippen molar-refractivity contribution in [3.63, 3.8) is 0 Å². The molecule has 0 aliphatic heterocycles. The highest BCUT2D eigenvalue weighted by Crippen LogP contribution is 2.24. The summed E-state index contributed by atoms with van der Waals surface area (Å²) in [5.74, 6) is 0.840. The Hall–Kier alpha value is -2.08. The van der Waals surface area contributed by atoms with Gasteiger partial charge in [-0.3, -0.25) is 0 Å². The number of aromatic nitrogens is 2. The number of anilines is 2. The Bertz CT molecular complexity index is 572. The third-order valence-electron chi connectivity index (χ3n) is 3.03. The molecule has 0 amide bonds. The second-order valence-corrected chi connectivity index (χ2v) is 4.47. The molecule has 0 spiro atoms. The molecule has 1 N–H and O–H groups in total. The summed E-state index contributed by atoms with van der Waals surface area (Å²) in [6.07, 6.45) is 4.41. The summed E-state index contributed by atoms with van der Waals surface area (Å²) in [6.45, 7) is 4.13. The number of rotatable bonds is 8. The minimum atomic E-state index is -0.348. The summed E-state index contributed by atoms with van der Waals surface area (Å²) >= 11 is 0. The van der Waals surface area contributed by atoms with Crippen LogP contribution in [0.1, 0.15) is 13.3 Å². The van der Waals surface area contributed by atoms with Crippen molar-refractivity contribution < 1.29 is 13.9 Å². The van der Waals surface area contributed by atoms with Gasteiger partial charge in [-0.2, -0.15) is 0 Å². The molecular weight excluding hydrogens is 273 g/mol. The minimum absolute atomic E-state index is 0.339. The first-order valence-corrected chi connectivity index (χ1v) is 6.94. The van der Waals surface area contributed by atoms with Crippen molar-refractivity contribution in [3.8, 4) is 5.75 Å². The molecule has 5 nitrogen and oxygen atoms in total. The molecule has 2 aromatic rings. The fourth-order valence-corrected chi connectivity index (χ4v) is 1.94. The van der Waals surface area contributed by atoms with Crippen LogP contribution in [-0.2, 0) is 11.3 Å². The zero-order chi connectivity index (χ0) is 15.1. The number of imidazole rings is 1. The van der Waals surface area contributed by atoms with Gasteiger partial charge < -0.3 is 19.4 Å². The fraction of sp³-hybridized carbons (Fsp3) is 0.400. The van der Waals surface area contributed by atoms with Crippen LogP contribution in [0.15, 0.2) is 30.6 Å². The average Bonchev–Trinajstić information content (AvgIpc) is 2.93. The maximum atomic E-state index is 13.8. The lowest BCUT2D eigenvalue weighted by atomic mass is 10.3. The van der Waals surface area contributed by atoms with Crippen LogP contribution in [0.2, 0.25) is 0 Å². The Morgan fingerprint density at radius 1 is 1.38 bits per heavy atom. The predicted molar refractivity (Wildman–Crippen MR) is 79.6 cm³/mol. The van der Waals surface area contributed by atoms with Crippen molar-refractivity contribution >= 4 is 11.6 Å². The van der Waals surface area contributed by atoms with Gasteiger partial charge in [-0.1, -0.05) is 0 Å². The molecule has 1 heterocycles. The maximum Gasteiger partial charge on any atom is 0.207 e. The maximum absolute atomic E-state index is 13.8. The molecule has 1 aromatic heterocycles. The Morgan fingerprint density at radius 2 is 2.24 bits per heavy atom. The minimum Gasteiger partial charge on any atom is -0.497 e. The number of nitrogens with zero attached hydrogens (tertiary/aromatic N) is 2. The monoisotopic (exact) mass is 293 g/mol. The summed E-state index contributed by atoms with van der Waals surface area (Å²) in [4.78, 5) is 4.21. The van der Waals surface area contributed by atoms with Crippen LogP contribution in [0, 0.1) is 5.82 Å². The van der Waals surface area contributed by atoms with Gasteiger partial charge in [-0.15, -0.1) is 0 Å². The van der Waals surface area contributed by atoms with E-state index < -0.39 is 0 Å². The van der Waals surface area contributed by atoms with Gasteiger partial charge in [0.2, 0.25) is 5.95 Å². The molecule has 21 heavy (non-hydrogen) atoms. The van der Waals surface area contributed by atoms with Gasteiger partial charge in [-0.05, 0) is 25.5 Å². The largest absolute Gasteiger partial charge is 0.497 e. The Balaban J connectivity index is 2.04. The summed E-state index contributed by atoms with van der Waals surface area (Å²) in [5.41, 5.74) is 0.339. The van der Waals surface area contributed by atoms with Crippen LogP contribution in [0.3, 0.4) is 0 Å². The van der Waals surface area contributed by atoms with E-state index in [0.29, 0.717) is 30.6 Å². The van der Waals surface area contributed by atoms with Crippen molar-refractivity contribution in [2.75, 3.05) is 25.6 Å². The zero-order valence-electron chi connectivity index (χ0n) is 12.3. The summed E-state index contributed by atoms with van der Waals surface area (Å²) < 4.78 is 26.1. The van der Waals surface area contributed by atoms with Gasteiger partial charge in [0.15, 0.2) is 0 Å². The topological polar surface area (TPSA) is 48.3 Å². The molecule has 0 aliphatic carbocycles. The van der Waals surface area contributed by atoms with E-state index in [9.17, 15) is 4.39 Å². The van der Waals surface area contributed by atoms with E-state index in [4.69, 9.17) is 9.47 Å². The molecule has 0 saturated carbocycles. The van der Waals surface area contributed by atoms with Crippen LogP contribution >= 0.6 is 0 Å². The van der Waals surface area contributed by atoms with Crippen LogP contribution in [-0.4, -0.2) is 29.9 Å². The highest BCUT2D eigenvalue weighted by atomic mass is 19.1. The lowest BCUT2D eigenvalue weighted by Crippen LogP contribution is -2.06. The number of halogens is 1. The molecule has 0 saturated heterocycles. The standard InChI is InChI=1S/C15H20FN3O2/c1-3-21-10-4-8-19-9-7-17-15(19)18-14-11-12(20-2)5-6-13(14)16/h5-7,9,11H,3-4,8,10H2,1-2H3,(H,17,18). The quantitative estimate of drug-likeness (QED) is 0.759. The van der Waals surface area contributed by atoms with Crippen molar-refractivity contribution in [3.05, 3.63) is 36.4 Å². The number of nitrogens with one attached hydrogen (secondary N) is 1. The number of methoxy groups -OCH3 is 1. The fourth-order valence-electron chi connectivity index (χ4n) is 1.94. The lowest BCUT2D eigenvalue weighted by molar-refractivity contribution is 0.142. The summed E-state index contributed by atoms with van der Waals surface area (Å²) in [5, 5.41) is 2.99. The van der Waals surface area contributed by atoms with E-state index in [1.54, 1.807) is 25.4 Å². The second kappa shape index (κ2) is 7.64. The van der Waals surface area contributed by atoms with E-state index in [-0.39, 0.29) is 5.82 Å². The molecule has 0 atom stereocenters. The normalized spacial score (nSPS) is 10.6. The van der Waals surface area contributed by atoms with Gasteiger partial charge in [0, 0.05) is 38.2 Å². The van der Waals surface area contributed by atoms with E-state index in [0.717, 1.165) is 13.0 Å². The molecule has 0 radical (unpaired) electrons. The van der Waals surface area contributed by atoms with E-state index in [1.165, 1.54) is 6.07 Å². The first-order valence-electron chi connectivity index (χ1n) is 6.94. The van der Waals surface area contributed by atoms with Crippen molar-refractivity contribution in [2.24, 2.45) is 0 Å². The molecule has 0 fully saturated rings. The van der Waals surface area contributed by atoms with Gasteiger partial charge in [0.25, 0.3) is 0 Å². The lowest BCUT2D eigenvalue weighted by Gasteiger charge is -2.11. The number of hydrogen-bond acceptors (Lipinski definition) is 4. The number of aryl methyl sites for hydroxylation is 1. The molecule has 6 heteroatoms. The highest BCUT2D eigenvalue weighted by Gasteiger charge is 2.08. The molecule has 0 unspecified atom stereocenters. The summed E-state index contributed by atoms with van der Waals surface area (Å²) in [6, 6.07) is 4.55. The van der Waals surface area contributed by atoms with E-state index >= 15 is 0 Å². The zero-order valence-corrected chi connectivity index (χ0v) is 12.3. The van der Waals surface area contributed by atoms with Crippen LogP contribution in [0.5, 0.6) is 5.75 Å². The second-order valence-electron chi connectivity index (χ2n) is 4.47. The molecule has 0 aliphatic rings. The van der Waals surface area contributed by atoms with Crippen molar-refractivity contribution in [1.82, 2.24) is 9.55 Å². The van der Waals surface area contributed by atoms with E-state index in [1.807, 2.05) is 17.7 Å². The van der Waals surface area contributed by atoms with Crippen LogP contribution < -0.4 is 10.1 Å². The number of ether oxygens (including phenoxy) is 2. The van der Waals surface area contributed by atoms with Gasteiger partial charge >= 0.3 is 0 Å². The Morgan fingerprint density at radius 3 is 3.00 bits per heavy atom. The van der Waals surface area contributed by atoms with Crippen molar-refractivity contribution in [1.29, 1.82) is 0 Å². The van der Waals surface area contributed by atoms with Crippen LogP contribution in [0.25, 0.3) is 0 Å². The SMILES string of the molecule is CCOCCCn1ccnc1Nc1cc(OC)ccc1F. The molecule has 114 valence electrons. The van der Waals surface area contributed by atoms with Gasteiger partial charge in [0.1, 0.15) is 11.6 Å².